The van der Waals surface area contributed by atoms with Crippen molar-refractivity contribution in [2.75, 3.05) is 6.54 Å². The van der Waals surface area contributed by atoms with Crippen molar-refractivity contribution < 1.29 is 13.2 Å². The normalized spacial score (nSPS) is 11.3. The fraction of sp³-hybridized carbons (Fsp3) is 0.158. The molecule has 3 rings (SSSR count). The van der Waals surface area contributed by atoms with Crippen molar-refractivity contribution >= 4 is 26.8 Å². The first kappa shape index (κ1) is 18.6. The van der Waals surface area contributed by atoms with Crippen LogP contribution in [-0.4, -0.2) is 25.4 Å². The van der Waals surface area contributed by atoms with E-state index in [2.05, 4.69) is 11.4 Å². The van der Waals surface area contributed by atoms with Gasteiger partial charge in [0.25, 0.3) is 0 Å². The van der Waals surface area contributed by atoms with Crippen LogP contribution in [0.3, 0.4) is 0 Å². The zero-order valence-corrected chi connectivity index (χ0v) is 15.2. The number of amides is 1. The van der Waals surface area contributed by atoms with E-state index in [0.29, 0.717) is 18.5 Å². The van der Waals surface area contributed by atoms with Crippen molar-refractivity contribution in [3.8, 4) is 6.07 Å². The van der Waals surface area contributed by atoms with Crippen LogP contribution < -0.4 is 10.5 Å². The lowest BCUT2D eigenvalue weighted by atomic mass is 10.1. The number of benzene rings is 2. The predicted octanol–water partition coefficient (Wildman–Crippen LogP) is 1.52. The summed E-state index contributed by atoms with van der Waals surface area (Å²) < 4.78 is 24.2. The summed E-state index contributed by atoms with van der Waals surface area (Å²) in [5.41, 5.74) is 2.26. The number of primary sulfonamides is 1. The monoisotopic (exact) mass is 382 g/mol. The van der Waals surface area contributed by atoms with Crippen LogP contribution in [0.5, 0.6) is 0 Å². The van der Waals surface area contributed by atoms with E-state index in [1.54, 1.807) is 22.9 Å². The lowest BCUT2D eigenvalue weighted by molar-refractivity contribution is -0.121. The molecule has 0 saturated heterocycles. The number of carbonyl (C=O) groups is 1. The molecule has 1 aromatic heterocycles. The Labute approximate surface area is 157 Å². The molecule has 0 aliphatic heterocycles. The molecular weight excluding hydrogens is 364 g/mol. The average molecular weight is 382 g/mol. The molecule has 3 N–H and O–H groups in total. The van der Waals surface area contributed by atoms with E-state index in [-0.39, 0.29) is 17.3 Å². The molecule has 0 fully saturated rings. The molecule has 0 radical (unpaired) electrons. The summed E-state index contributed by atoms with van der Waals surface area (Å²) in [6.45, 7) is 0.532. The van der Waals surface area contributed by atoms with Crippen molar-refractivity contribution in [3.05, 3.63) is 65.9 Å². The van der Waals surface area contributed by atoms with Gasteiger partial charge in [-0.25, -0.2) is 13.6 Å². The summed E-state index contributed by atoms with van der Waals surface area (Å²) in [6, 6.07) is 15.8. The molecule has 0 bridgehead atoms. The Bertz CT molecular complexity index is 1130. The molecule has 27 heavy (non-hydrogen) atoms. The second-order valence-electron chi connectivity index (χ2n) is 6.09. The van der Waals surface area contributed by atoms with Crippen molar-refractivity contribution in [1.29, 1.82) is 5.26 Å². The number of nitrogens with two attached hydrogens (primary N) is 1. The number of fused-ring (bicyclic) bond motifs is 1. The number of nitrogens with one attached hydrogen (secondary N) is 1. The Balaban J connectivity index is 1.59. The highest BCUT2D eigenvalue weighted by molar-refractivity contribution is 7.89. The van der Waals surface area contributed by atoms with Gasteiger partial charge in [-0.3, -0.25) is 4.79 Å². The Morgan fingerprint density at radius 1 is 1.15 bits per heavy atom. The highest BCUT2D eigenvalue weighted by Gasteiger charge is 2.11. The SMILES string of the molecule is N#Cc1cn(CC(=O)NCCc2ccc(S(N)(=O)=O)cc2)c2ccccc12. The molecule has 0 aliphatic rings. The van der Waals surface area contributed by atoms with Gasteiger partial charge in [0.1, 0.15) is 12.6 Å². The highest BCUT2D eigenvalue weighted by atomic mass is 32.2. The number of sulfonamides is 1. The molecule has 0 saturated carbocycles. The molecule has 0 unspecified atom stereocenters. The third-order valence-electron chi connectivity index (χ3n) is 4.21. The van der Waals surface area contributed by atoms with Crippen LogP contribution in [-0.2, 0) is 27.8 Å². The lowest BCUT2D eigenvalue weighted by Crippen LogP contribution is -2.29. The van der Waals surface area contributed by atoms with E-state index in [1.807, 2.05) is 24.3 Å². The summed E-state index contributed by atoms with van der Waals surface area (Å²) >= 11 is 0. The van der Waals surface area contributed by atoms with E-state index in [9.17, 15) is 18.5 Å². The van der Waals surface area contributed by atoms with Crippen LogP contribution >= 0.6 is 0 Å². The summed E-state index contributed by atoms with van der Waals surface area (Å²) in [4.78, 5) is 12.3. The van der Waals surface area contributed by atoms with Crippen LogP contribution in [0.15, 0.2) is 59.6 Å². The fourth-order valence-corrected chi connectivity index (χ4v) is 3.38. The van der Waals surface area contributed by atoms with Crippen LogP contribution in [0.4, 0.5) is 0 Å². The van der Waals surface area contributed by atoms with Gasteiger partial charge in [-0.1, -0.05) is 30.3 Å². The zero-order chi connectivity index (χ0) is 19.4. The van der Waals surface area contributed by atoms with E-state index < -0.39 is 10.0 Å². The van der Waals surface area contributed by atoms with E-state index >= 15 is 0 Å². The standard InChI is InChI=1S/C19H18N4O3S/c20-11-15-12-23(18-4-2-1-3-17(15)18)13-19(24)22-10-9-14-5-7-16(8-6-14)27(21,25)26/h1-8,12H,9-10,13H2,(H,22,24)(H2,21,25,26). The Kier molecular flexibility index (Phi) is 5.26. The Morgan fingerprint density at radius 2 is 1.85 bits per heavy atom. The number of nitrogens with zero attached hydrogens (tertiary/aromatic N) is 2. The van der Waals surface area contributed by atoms with Crippen LogP contribution in [0.25, 0.3) is 10.9 Å². The zero-order valence-electron chi connectivity index (χ0n) is 14.4. The first-order valence-electron chi connectivity index (χ1n) is 8.25. The van der Waals surface area contributed by atoms with Gasteiger partial charge in [0.2, 0.25) is 15.9 Å². The predicted molar refractivity (Wildman–Crippen MR) is 101 cm³/mol. The number of nitriles is 1. The summed E-state index contributed by atoms with van der Waals surface area (Å²) in [5.74, 6) is -0.165. The Morgan fingerprint density at radius 3 is 2.52 bits per heavy atom. The molecule has 1 amide bonds. The van der Waals surface area contributed by atoms with Gasteiger partial charge in [0, 0.05) is 23.6 Å². The van der Waals surface area contributed by atoms with Crippen LogP contribution in [0.2, 0.25) is 0 Å². The summed E-state index contributed by atoms with van der Waals surface area (Å²) in [7, 11) is -3.70. The van der Waals surface area contributed by atoms with Crippen molar-refractivity contribution in [2.24, 2.45) is 5.14 Å². The Hall–Kier alpha value is -3.15. The maximum absolute atomic E-state index is 12.2. The minimum atomic E-state index is -3.70. The number of hydrogen-bond acceptors (Lipinski definition) is 4. The van der Waals surface area contributed by atoms with Gasteiger partial charge >= 0.3 is 0 Å². The molecule has 0 spiro atoms. The molecule has 2 aromatic carbocycles. The molecular formula is C19H18N4O3S. The van der Waals surface area contributed by atoms with Gasteiger partial charge in [-0.15, -0.1) is 0 Å². The molecule has 8 heteroatoms. The highest BCUT2D eigenvalue weighted by Crippen LogP contribution is 2.20. The summed E-state index contributed by atoms with van der Waals surface area (Å²) in [6.07, 6.45) is 2.24. The molecule has 1 heterocycles. The van der Waals surface area contributed by atoms with E-state index in [0.717, 1.165) is 16.5 Å². The topological polar surface area (TPSA) is 118 Å². The average Bonchev–Trinajstić information content (AvgIpc) is 2.99. The van der Waals surface area contributed by atoms with Crippen molar-refractivity contribution in [3.63, 3.8) is 0 Å². The second kappa shape index (κ2) is 7.61. The molecule has 7 nitrogen and oxygen atoms in total. The second-order valence-corrected chi connectivity index (χ2v) is 7.65. The smallest absolute Gasteiger partial charge is 0.239 e. The molecule has 138 valence electrons. The maximum atomic E-state index is 12.2. The summed E-state index contributed by atoms with van der Waals surface area (Å²) in [5, 5.41) is 17.9. The van der Waals surface area contributed by atoms with Crippen molar-refractivity contribution in [1.82, 2.24) is 9.88 Å². The number of aromatic nitrogens is 1. The van der Waals surface area contributed by atoms with Crippen LogP contribution in [0, 0.1) is 11.3 Å². The maximum Gasteiger partial charge on any atom is 0.239 e. The third-order valence-corrected chi connectivity index (χ3v) is 5.14. The molecule has 3 aromatic rings. The fourth-order valence-electron chi connectivity index (χ4n) is 2.87. The molecule has 0 atom stereocenters. The van der Waals surface area contributed by atoms with Gasteiger partial charge < -0.3 is 9.88 Å². The van der Waals surface area contributed by atoms with Gasteiger partial charge in [0.15, 0.2) is 0 Å². The van der Waals surface area contributed by atoms with Crippen molar-refractivity contribution in [2.45, 2.75) is 17.9 Å². The number of carbonyl (C=O) groups excluding carboxylic acids is 1. The van der Waals surface area contributed by atoms with E-state index in [4.69, 9.17) is 5.14 Å². The largest absolute Gasteiger partial charge is 0.354 e. The number of hydrogen-bond donors (Lipinski definition) is 2. The quantitative estimate of drug-likeness (QED) is 0.672. The number of rotatable bonds is 6. The lowest BCUT2D eigenvalue weighted by Gasteiger charge is -2.08. The number of para-hydroxylation sites is 1. The van der Waals surface area contributed by atoms with Gasteiger partial charge in [-0.05, 0) is 30.2 Å². The first-order chi connectivity index (χ1) is 12.9. The third kappa shape index (κ3) is 4.34. The molecule has 0 aliphatic carbocycles. The minimum Gasteiger partial charge on any atom is -0.354 e. The minimum absolute atomic E-state index is 0.0584. The van der Waals surface area contributed by atoms with E-state index in [1.165, 1.54) is 12.1 Å². The van der Waals surface area contributed by atoms with Crippen LogP contribution in [0.1, 0.15) is 11.1 Å². The first-order valence-corrected chi connectivity index (χ1v) is 9.79. The van der Waals surface area contributed by atoms with Gasteiger partial charge in [-0.2, -0.15) is 5.26 Å². The van der Waals surface area contributed by atoms with Gasteiger partial charge in [0.05, 0.1) is 10.5 Å².